The van der Waals surface area contributed by atoms with Gasteiger partial charge in [0.25, 0.3) is 0 Å². The van der Waals surface area contributed by atoms with Gasteiger partial charge in [0.2, 0.25) is 11.7 Å². The van der Waals surface area contributed by atoms with Crippen LogP contribution in [0.2, 0.25) is 0 Å². The summed E-state index contributed by atoms with van der Waals surface area (Å²) in [6, 6.07) is 10.0. The number of benzene rings is 1. The van der Waals surface area contributed by atoms with Gasteiger partial charge in [0.05, 0.1) is 5.41 Å². The van der Waals surface area contributed by atoms with E-state index in [1.807, 2.05) is 37.3 Å². The Morgan fingerprint density at radius 2 is 2.19 bits per heavy atom. The fraction of sp³-hybridized carbons (Fsp3) is 0.500. The largest absolute Gasteiger partial charge is 0.366 e. The fourth-order valence-electron chi connectivity index (χ4n) is 2.70. The standard InChI is InChI=1S/C16H21N3O2/c1-3-20-13(12-7-5-4-6-8-12)14-18-15(21-19-14)16(2)9-10-17-11-16/h4-8,13,17H,3,9-11H2,1-2H3. The average Bonchev–Trinajstić information content (AvgIpc) is 3.16. The smallest absolute Gasteiger partial charge is 0.234 e. The van der Waals surface area contributed by atoms with E-state index in [-0.39, 0.29) is 11.5 Å². The van der Waals surface area contributed by atoms with Crippen LogP contribution in [0.3, 0.4) is 0 Å². The minimum Gasteiger partial charge on any atom is -0.366 e. The van der Waals surface area contributed by atoms with Gasteiger partial charge in [-0.25, -0.2) is 0 Å². The van der Waals surface area contributed by atoms with Crippen LogP contribution in [0.5, 0.6) is 0 Å². The monoisotopic (exact) mass is 287 g/mol. The van der Waals surface area contributed by atoms with Crippen LogP contribution in [0.4, 0.5) is 0 Å². The summed E-state index contributed by atoms with van der Waals surface area (Å²) >= 11 is 0. The molecule has 1 N–H and O–H groups in total. The van der Waals surface area contributed by atoms with Gasteiger partial charge >= 0.3 is 0 Å². The lowest BCUT2D eigenvalue weighted by Crippen LogP contribution is -2.25. The van der Waals surface area contributed by atoms with Crippen molar-refractivity contribution in [3.8, 4) is 0 Å². The zero-order valence-electron chi connectivity index (χ0n) is 12.5. The van der Waals surface area contributed by atoms with Gasteiger partial charge in [0, 0.05) is 13.2 Å². The number of aromatic nitrogens is 2. The molecule has 0 saturated carbocycles. The third-order valence-corrected chi connectivity index (χ3v) is 4.00. The Bertz CT molecular complexity index is 576. The highest BCUT2D eigenvalue weighted by molar-refractivity contribution is 5.23. The topological polar surface area (TPSA) is 60.2 Å². The first-order valence-corrected chi connectivity index (χ1v) is 7.44. The van der Waals surface area contributed by atoms with Crippen LogP contribution in [-0.2, 0) is 10.2 Å². The van der Waals surface area contributed by atoms with E-state index in [1.165, 1.54) is 0 Å². The SMILES string of the molecule is CCOC(c1ccccc1)c1noc(C2(C)CCNC2)n1. The summed E-state index contributed by atoms with van der Waals surface area (Å²) in [6.07, 6.45) is 0.742. The molecule has 1 fully saturated rings. The molecule has 0 amide bonds. The molecule has 3 rings (SSSR count). The van der Waals surface area contributed by atoms with Crippen LogP contribution in [0.25, 0.3) is 0 Å². The third kappa shape index (κ3) is 2.84. The van der Waals surface area contributed by atoms with E-state index in [2.05, 4.69) is 22.4 Å². The van der Waals surface area contributed by atoms with Crippen molar-refractivity contribution in [2.24, 2.45) is 0 Å². The van der Waals surface area contributed by atoms with Crippen molar-refractivity contribution in [2.45, 2.75) is 31.8 Å². The summed E-state index contributed by atoms with van der Waals surface area (Å²) in [5.74, 6) is 1.30. The molecule has 21 heavy (non-hydrogen) atoms. The van der Waals surface area contributed by atoms with Crippen LogP contribution in [-0.4, -0.2) is 29.8 Å². The molecule has 5 heteroatoms. The molecule has 0 aliphatic carbocycles. The Labute approximate surface area is 124 Å². The van der Waals surface area contributed by atoms with Gasteiger partial charge in [0.1, 0.15) is 6.10 Å². The summed E-state index contributed by atoms with van der Waals surface area (Å²) in [4.78, 5) is 4.62. The van der Waals surface area contributed by atoms with Crippen LogP contribution in [0.1, 0.15) is 43.7 Å². The third-order valence-electron chi connectivity index (χ3n) is 4.00. The van der Waals surface area contributed by atoms with Gasteiger partial charge in [-0.15, -0.1) is 0 Å². The molecule has 2 unspecified atom stereocenters. The Morgan fingerprint density at radius 1 is 1.38 bits per heavy atom. The van der Waals surface area contributed by atoms with Gasteiger partial charge in [-0.1, -0.05) is 35.5 Å². The molecular weight excluding hydrogens is 266 g/mol. The summed E-state index contributed by atoms with van der Waals surface area (Å²) in [7, 11) is 0. The summed E-state index contributed by atoms with van der Waals surface area (Å²) in [5.41, 5.74) is 0.972. The Kier molecular flexibility index (Phi) is 4.03. The van der Waals surface area contributed by atoms with Crippen molar-refractivity contribution in [3.63, 3.8) is 0 Å². The van der Waals surface area contributed by atoms with Gasteiger partial charge in [-0.3, -0.25) is 0 Å². The Morgan fingerprint density at radius 3 is 2.86 bits per heavy atom. The molecule has 1 aliphatic rings. The van der Waals surface area contributed by atoms with Crippen LogP contribution in [0, 0.1) is 0 Å². The fourth-order valence-corrected chi connectivity index (χ4v) is 2.70. The van der Waals surface area contributed by atoms with E-state index in [9.17, 15) is 0 Å². The minimum absolute atomic E-state index is 0.0707. The zero-order valence-corrected chi connectivity index (χ0v) is 12.5. The van der Waals surface area contributed by atoms with Crippen molar-refractivity contribution in [3.05, 3.63) is 47.6 Å². The molecule has 1 saturated heterocycles. The van der Waals surface area contributed by atoms with Crippen LogP contribution >= 0.6 is 0 Å². The quantitative estimate of drug-likeness (QED) is 0.915. The highest BCUT2D eigenvalue weighted by Gasteiger charge is 2.37. The maximum atomic E-state index is 5.82. The molecular formula is C16H21N3O2. The number of nitrogens with one attached hydrogen (secondary N) is 1. The van der Waals surface area contributed by atoms with E-state index in [0.717, 1.165) is 25.1 Å². The number of ether oxygens (including phenoxy) is 1. The second-order valence-electron chi connectivity index (χ2n) is 5.69. The van der Waals surface area contributed by atoms with E-state index >= 15 is 0 Å². The summed E-state index contributed by atoms with van der Waals surface area (Å²) in [6.45, 7) is 6.59. The lowest BCUT2D eigenvalue weighted by molar-refractivity contribution is 0.0833. The molecule has 112 valence electrons. The van der Waals surface area contributed by atoms with Crippen molar-refractivity contribution in [1.82, 2.24) is 15.5 Å². The highest BCUT2D eigenvalue weighted by Crippen LogP contribution is 2.31. The van der Waals surface area contributed by atoms with E-state index in [4.69, 9.17) is 9.26 Å². The predicted octanol–water partition coefficient (Wildman–Crippen LogP) is 2.45. The second-order valence-corrected chi connectivity index (χ2v) is 5.69. The molecule has 0 radical (unpaired) electrons. The average molecular weight is 287 g/mol. The highest BCUT2D eigenvalue weighted by atomic mass is 16.5. The summed E-state index contributed by atoms with van der Waals surface area (Å²) < 4.78 is 11.3. The maximum Gasteiger partial charge on any atom is 0.234 e. The van der Waals surface area contributed by atoms with E-state index in [1.54, 1.807) is 0 Å². The zero-order chi connectivity index (χ0) is 14.7. The lowest BCUT2D eigenvalue weighted by Gasteiger charge is -2.16. The van der Waals surface area contributed by atoms with Crippen molar-refractivity contribution in [2.75, 3.05) is 19.7 Å². The van der Waals surface area contributed by atoms with E-state index < -0.39 is 0 Å². The number of nitrogens with zero attached hydrogens (tertiary/aromatic N) is 2. The summed E-state index contributed by atoms with van der Waals surface area (Å²) in [5, 5.41) is 7.51. The molecule has 0 spiro atoms. The van der Waals surface area contributed by atoms with Crippen molar-refractivity contribution in [1.29, 1.82) is 0 Å². The Balaban J connectivity index is 1.89. The number of rotatable bonds is 5. The minimum atomic E-state index is -0.272. The molecule has 1 aliphatic heterocycles. The molecule has 2 atom stereocenters. The molecule has 1 aromatic carbocycles. The Hall–Kier alpha value is -1.72. The van der Waals surface area contributed by atoms with Crippen molar-refractivity contribution >= 4 is 0 Å². The first-order chi connectivity index (χ1) is 10.2. The first-order valence-electron chi connectivity index (χ1n) is 7.44. The molecule has 2 aromatic rings. The molecule has 5 nitrogen and oxygen atoms in total. The van der Waals surface area contributed by atoms with Crippen LogP contribution < -0.4 is 5.32 Å². The second kappa shape index (κ2) is 5.95. The number of hydrogen-bond acceptors (Lipinski definition) is 5. The number of hydrogen-bond donors (Lipinski definition) is 1. The first kappa shape index (κ1) is 14.2. The molecule has 2 heterocycles. The maximum absolute atomic E-state index is 5.82. The van der Waals surface area contributed by atoms with Gasteiger partial charge in [-0.05, 0) is 32.4 Å². The van der Waals surface area contributed by atoms with Crippen LogP contribution in [0.15, 0.2) is 34.9 Å². The van der Waals surface area contributed by atoms with Gasteiger partial charge in [0.15, 0.2) is 0 Å². The van der Waals surface area contributed by atoms with Crippen molar-refractivity contribution < 1.29 is 9.26 Å². The van der Waals surface area contributed by atoms with E-state index in [0.29, 0.717) is 18.3 Å². The predicted molar refractivity (Wildman–Crippen MR) is 79.0 cm³/mol. The normalized spacial score (nSPS) is 23.3. The van der Waals surface area contributed by atoms with Gasteiger partial charge in [-0.2, -0.15) is 4.98 Å². The molecule has 1 aromatic heterocycles. The molecule has 0 bridgehead atoms. The van der Waals surface area contributed by atoms with Gasteiger partial charge < -0.3 is 14.6 Å². The lowest BCUT2D eigenvalue weighted by atomic mass is 9.90.